The van der Waals surface area contributed by atoms with Gasteiger partial charge in [-0.2, -0.15) is 11.8 Å². The third-order valence-electron chi connectivity index (χ3n) is 3.67. The second-order valence-corrected chi connectivity index (χ2v) is 6.85. The number of hydrogen-bond donors (Lipinski definition) is 3. The summed E-state index contributed by atoms with van der Waals surface area (Å²) in [7, 11) is 0. The number of amides is 1. The smallest absolute Gasteiger partial charge is 0.221 e. The SMILES string of the molecule is CC(CC(O)c1ccc(F)cc1)NC(=O)CC1CSCCN1.Cl. The first-order valence-electron chi connectivity index (χ1n) is 7.58. The Morgan fingerprint density at radius 2 is 2.17 bits per heavy atom. The molecular formula is C16H24ClFN2O2S. The number of nitrogens with one attached hydrogen (secondary N) is 2. The van der Waals surface area contributed by atoms with Crippen molar-refractivity contribution in [3.8, 4) is 0 Å². The fraction of sp³-hybridized carbons (Fsp3) is 0.562. The van der Waals surface area contributed by atoms with E-state index in [1.54, 1.807) is 12.1 Å². The van der Waals surface area contributed by atoms with Gasteiger partial charge in [0.1, 0.15) is 5.82 Å². The van der Waals surface area contributed by atoms with E-state index in [4.69, 9.17) is 0 Å². The Kier molecular flexibility index (Phi) is 8.91. The van der Waals surface area contributed by atoms with Gasteiger partial charge in [0, 0.05) is 36.6 Å². The normalized spacial score (nSPS) is 20.2. The highest BCUT2D eigenvalue weighted by atomic mass is 35.5. The summed E-state index contributed by atoms with van der Waals surface area (Å²) in [5, 5.41) is 16.4. The highest BCUT2D eigenvalue weighted by Crippen LogP contribution is 2.18. The molecule has 0 aromatic heterocycles. The number of thioether (sulfide) groups is 1. The van der Waals surface area contributed by atoms with Crippen LogP contribution in [0, 0.1) is 5.82 Å². The molecule has 0 saturated carbocycles. The third kappa shape index (κ3) is 7.08. The minimum absolute atomic E-state index is 0. The fourth-order valence-corrected chi connectivity index (χ4v) is 3.47. The molecule has 1 saturated heterocycles. The van der Waals surface area contributed by atoms with Crippen LogP contribution in [0.25, 0.3) is 0 Å². The molecular weight excluding hydrogens is 339 g/mol. The van der Waals surface area contributed by atoms with Crippen LogP contribution in [-0.4, -0.2) is 41.1 Å². The Hall–Kier alpha value is -0.820. The van der Waals surface area contributed by atoms with Crippen LogP contribution in [-0.2, 0) is 4.79 Å². The molecule has 1 aromatic carbocycles. The van der Waals surface area contributed by atoms with Crippen molar-refractivity contribution in [3.63, 3.8) is 0 Å². The molecule has 4 nitrogen and oxygen atoms in total. The lowest BCUT2D eigenvalue weighted by atomic mass is 10.0. The van der Waals surface area contributed by atoms with Gasteiger partial charge < -0.3 is 15.7 Å². The minimum atomic E-state index is -0.709. The van der Waals surface area contributed by atoms with Crippen LogP contribution in [0.15, 0.2) is 24.3 Å². The second-order valence-electron chi connectivity index (χ2n) is 5.70. The number of rotatable bonds is 6. The maximum Gasteiger partial charge on any atom is 0.221 e. The Labute approximate surface area is 147 Å². The summed E-state index contributed by atoms with van der Waals surface area (Å²) in [4.78, 5) is 12.0. The predicted molar refractivity (Wildman–Crippen MR) is 94.6 cm³/mol. The lowest BCUT2D eigenvalue weighted by Crippen LogP contribution is -2.43. The van der Waals surface area contributed by atoms with Gasteiger partial charge in [-0.3, -0.25) is 4.79 Å². The molecule has 7 heteroatoms. The molecule has 3 unspecified atom stereocenters. The largest absolute Gasteiger partial charge is 0.388 e. The van der Waals surface area contributed by atoms with Gasteiger partial charge in [0.05, 0.1) is 6.10 Å². The van der Waals surface area contributed by atoms with Gasteiger partial charge in [-0.15, -0.1) is 12.4 Å². The fourth-order valence-electron chi connectivity index (χ4n) is 2.52. The van der Waals surface area contributed by atoms with E-state index in [9.17, 15) is 14.3 Å². The van der Waals surface area contributed by atoms with Crippen LogP contribution in [0.5, 0.6) is 0 Å². The molecule has 0 radical (unpaired) electrons. The van der Waals surface area contributed by atoms with E-state index in [-0.39, 0.29) is 36.2 Å². The van der Waals surface area contributed by atoms with Gasteiger partial charge in [0.15, 0.2) is 0 Å². The average molecular weight is 363 g/mol. The predicted octanol–water partition coefficient (Wildman–Crippen LogP) is 2.27. The zero-order chi connectivity index (χ0) is 15.9. The van der Waals surface area contributed by atoms with E-state index < -0.39 is 6.10 Å². The summed E-state index contributed by atoms with van der Waals surface area (Å²) in [6.07, 6.45) is 0.160. The summed E-state index contributed by atoms with van der Waals surface area (Å²) < 4.78 is 12.9. The molecule has 23 heavy (non-hydrogen) atoms. The van der Waals surface area contributed by atoms with Crippen LogP contribution in [0.4, 0.5) is 4.39 Å². The van der Waals surface area contributed by atoms with Gasteiger partial charge in [-0.05, 0) is 31.0 Å². The Bertz CT molecular complexity index is 483. The molecule has 1 aliphatic heterocycles. The van der Waals surface area contributed by atoms with E-state index >= 15 is 0 Å². The molecule has 0 bridgehead atoms. The highest BCUT2D eigenvalue weighted by Gasteiger charge is 2.19. The Morgan fingerprint density at radius 3 is 2.78 bits per heavy atom. The number of aliphatic hydroxyl groups excluding tert-OH is 1. The van der Waals surface area contributed by atoms with Crippen molar-refractivity contribution in [2.75, 3.05) is 18.1 Å². The summed E-state index contributed by atoms with van der Waals surface area (Å²) in [5.41, 5.74) is 0.660. The first-order chi connectivity index (χ1) is 10.5. The van der Waals surface area contributed by atoms with Gasteiger partial charge in [0.25, 0.3) is 0 Å². The van der Waals surface area contributed by atoms with Crippen molar-refractivity contribution in [1.82, 2.24) is 10.6 Å². The second kappa shape index (κ2) is 10.1. The van der Waals surface area contributed by atoms with Gasteiger partial charge in [0.2, 0.25) is 5.91 Å². The molecule has 1 aliphatic rings. The summed E-state index contributed by atoms with van der Waals surface area (Å²) in [5.74, 6) is 1.73. The maximum atomic E-state index is 12.9. The lowest BCUT2D eigenvalue weighted by Gasteiger charge is -2.24. The van der Waals surface area contributed by atoms with E-state index in [0.717, 1.165) is 18.1 Å². The molecule has 3 N–H and O–H groups in total. The molecule has 2 rings (SSSR count). The van der Waals surface area contributed by atoms with Crippen LogP contribution in [0.1, 0.15) is 31.4 Å². The number of aliphatic hydroxyl groups is 1. The topological polar surface area (TPSA) is 61.4 Å². The monoisotopic (exact) mass is 362 g/mol. The quantitative estimate of drug-likeness (QED) is 0.726. The number of hydrogen-bond acceptors (Lipinski definition) is 4. The minimum Gasteiger partial charge on any atom is -0.388 e. The number of halogens is 2. The van der Waals surface area contributed by atoms with Crippen molar-refractivity contribution >= 4 is 30.1 Å². The lowest BCUT2D eigenvalue weighted by molar-refractivity contribution is -0.122. The van der Waals surface area contributed by atoms with Crippen molar-refractivity contribution in [1.29, 1.82) is 0 Å². The Morgan fingerprint density at radius 1 is 1.48 bits per heavy atom. The van der Waals surface area contributed by atoms with Gasteiger partial charge in [-0.25, -0.2) is 4.39 Å². The molecule has 0 spiro atoms. The molecule has 1 fully saturated rings. The van der Waals surface area contributed by atoms with E-state index in [0.29, 0.717) is 18.4 Å². The van der Waals surface area contributed by atoms with Crippen LogP contribution in [0.3, 0.4) is 0 Å². The number of carbonyl (C=O) groups is 1. The van der Waals surface area contributed by atoms with Crippen molar-refractivity contribution in [3.05, 3.63) is 35.6 Å². The molecule has 3 atom stereocenters. The highest BCUT2D eigenvalue weighted by molar-refractivity contribution is 7.99. The standard InChI is InChI=1S/C16H23FN2O2S.ClH/c1-11(8-15(20)12-2-4-13(17)5-3-12)19-16(21)9-14-10-22-7-6-18-14;/h2-5,11,14-15,18,20H,6-10H2,1H3,(H,19,21);1H. The van der Waals surface area contributed by atoms with Crippen LogP contribution >= 0.6 is 24.2 Å². The molecule has 1 heterocycles. The first kappa shape index (κ1) is 20.2. The summed E-state index contributed by atoms with van der Waals surface area (Å²) >= 11 is 1.86. The Balaban J connectivity index is 0.00000264. The summed E-state index contributed by atoms with van der Waals surface area (Å²) in [6.45, 7) is 2.81. The molecule has 1 aromatic rings. The van der Waals surface area contributed by atoms with Gasteiger partial charge >= 0.3 is 0 Å². The van der Waals surface area contributed by atoms with Crippen LogP contribution < -0.4 is 10.6 Å². The zero-order valence-electron chi connectivity index (χ0n) is 13.1. The molecule has 1 amide bonds. The van der Waals surface area contributed by atoms with Gasteiger partial charge in [-0.1, -0.05) is 12.1 Å². The van der Waals surface area contributed by atoms with E-state index in [2.05, 4.69) is 10.6 Å². The molecule has 130 valence electrons. The van der Waals surface area contributed by atoms with E-state index in [1.165, 1.54) is 12.1 Å². The molecule has 0 aliphatic carbocycles. The number of carbonyl (C=O) groups excluding carboxylic acids is 1. The summed E-state index contributed by atoms with van der Waals surface area (Å²) in [6, 6.07) is 5.88. The van der Waals surface area contributed by atoms with Crippen molar-refractivity contribution in [2.24, 2.45) is 0 Å². The van der Waals surface area contributed by atoms with E-state index in [1.807, 2.05) is 18.7 Å². The number of benzene rings is 1. The van der Waals surface area contributed by atoms with Crippen molar-refractivity contribution in [2.45, 2.75) is 38.0 Å². The zero-order valence-corrected chi connectivity index (χ0v) is 14.8. The van der Waals surface area contributed by atoms with Crippen molar-refractivity contribution < 1.29 is 14.3 Å². The first-order valence-corrected chi connectivity index (χ1v) is 8.74. The van der Waals surface area contributed by atoms with Crippen LogP contribution in [0.2, 0.25) is 0 Å². The average Bonchev–Trinajstić information content (AvgIpc) is 2.48. The maximum absolute atomic E-state index is 12.9. The third-order valence-corrected chi connectivity index (χ3v) is 4.80.